The number of alkyl halides is 1. The molecule has 0 aliphatic heterocycles. The number of carbonyl (C=O) groups excluding carboxylic acids is 1. The number of likely N-dealkylation sites (N-methyl/N-ethyl adjacent to an activating group) is 1. The summed E-state index contributed by atoms with van der Waals surface area (Å²) in [6.07, 6.45) is 2.33. The van der Waals surface area contributed by atoms with E-state index in [2.05, 4.69) is 24.3 Å². The van der Waals surface area contributed by atoms with Crippen LogP contribution in [-0.4, -0.2) is 30.3 Å². The van der Waals surface area contributed by atoms with Crippen LogP contribution in [0, 0.1) is 0 Å². The fourth-order valence-electron chi connectivity index (χ4n) is 2.12. The summed E-state index contributed by atoms with van der Waals surface area (Å²) in [5, 5.41) is 0. The maximum Gasteiger partial charge on any atom is 0.237 e. The van der Waals surface area contributed by atoms with Crippen molar-refractivity contribution in [3.05, 3.63) is 35.9 Å². The molecule has 3 heteroatoms. The van der Waals surface area contributed by atoms with Gasteiger partial charge in [-0.05, 0) is 18.4 Å². The number of halogens is 1. The van der Waals surface area contributed by atoms with Crippen molar-refractivity contribution < 1.29 is 4.79 Å². The summed E-state index contributed by atoms with van der Waals surface area (Å²) in [5.41, 5.74) is 1.53. The molecule has 1 aromatic rings. The standard InChI is InChI=1S/C13H16ClNO/c1-15(12(16)9-14)10-13(7-8-13)11-5-3-2-4-6-11/h2-6H,7-10H2,1H3. The van der Waals surface area contributed by atoms with Crippen LogP contribution in [0.4, 0.5) is 0 Å². The van der Waals surface area contributed by atoms with Crippen molar-refractivity contribution in [1.82, 2.24) is 4.90 Å². The second-order valence-corrected chi connectivity index (χ2v) is 4.80. The summed E-state index contributed by atoms with van der Waals surface area (Å²) >= 11 is 5.55. The van der Waals surface area contributed by atoms with Gasteiger partial charge in [-0.2, -0.15) is 0 Å². The number of hydrogen-bond acceptors (Lipinski definition) is 1. The van der Waals surface area contributed by atoms with Crippen molar-refractivity contribution >= 4 is 17.5 Å². The van der Waals surface area contributed by atoms with Crippen LogP contribution in [0.1, 0.15) is 18.4 Å². The molecule has 0 heterocycles. The predicted octanol–water partition coefficient (Wildman–Crippen LogP) is 2.42. The van der Waals surface area contributed by atoms with Gasteiger partial charge in [-0.25, -0.2) is 0 Å². The van der Waals surface area contributed by atoms with Gasteiger partial charge in [0, 0.05) is 19.0 Å². The van der Waals surface area contributed by atoms with E-state index in [9.17, 15) is 4.79 Å². The average Bonchev–Trinajstić information content (AvgIpc) is 3.10. The van der Waals surface area contributed by atoms with E-state index in [0.29, 0.717) is 0 Å². The Kier molecular flexibility index (Phi) is 3.20. The minimum Gasteiger partial charge on any atom is -0.344 e. The van der Waals surface area contributed by atoms with Crippen LogP contribution >= 0.6 is 11.6 Å². The Morgan fingerprint density at radius 3 is 2.50 bits per heavy atom. The molecule has 0 unspecified atom stereocenters. The molecule has 2 rings (SSSR count). The first-order chi connectivity index (χ1) is 7.68. The third-order valence-corrected chi connectivity index (χ3v) is 3.55. The maximum atomic E-state index is 11.4. The van der Waals surface area contributed by atoms with E-state index in [0.717, 1.165) is 19.4 Å². The number of rotatable bonds is 4. The van der Waals surface area contributed by atoms with Crippen LogP contribution in [-0.2, 0) is 10.2 Å². The number of nitrogens with zero attached hydrogens (tertiary/aromatic N) is 1. The summed E-state index contributed by atoms with van der Waals surface area (Å²) in [5.74, 6) is 0.0744. The Labute approximate surface area is 101 Å². The Morgan fingerprint density at radius 1 is 1.38 bits per heavy atom. The van der Waals surface area contributed by atoms with Gasteiger partial charge in [0.1, 0.15) is 5.88 Å². The highest BCUT2D eigenvalue weighted by Crippen LogP contribution is 2.48. The summed E-state index contributed by atoms with van der Waals surface area (Å²) in [7, 11) is 1.83. The van der Waals surface area contributed by atoms with Crippen LogP contribution in [0.2, 0.25) is 0 Å². The van der Waals surface area contributed by atoms with E-state index in [4.69, 9.17) is 11.6 Å². The number of carbonyl (C=O) groups is 1. The summed E-state index contributed by atoms with van der Waals surface area (Å²) in [4.78, 5) is 13.2. The van der Waals surface area contributed by atoms with Gasteiger partial charge < -0.3 is 4.90 Å². The lowest BCUT2D eigenvalue weighted by atomic mass is 9.95. The topological polar surface area (TPSA) is 20.3 Å². The fraction of sp³-hybridized carbons (Fsp3) is 0.462. The molecule has 1 fully saturated rings. The molecular formula is C13H16ClNO. The molecular weight excluding hydrogens is 222 g/mol. The third kappa shape index (κ3) is 2.22. The normalized spacial score (nSPS) is 16.9. The first-order valence-corrected chi connectivity index (χ1v) is 6.07. The molecule has 86 valence electrons. The van der Waals surface area contributed by atoms with E-state index in [1.807, 2.05) is 13.1 Å². The fourth-order valence-corrected chi connectivity index (χ4v) is 2.33. The van der Waals surface area contributed by atoms with Crippen molar-refractivity contribution in [2.45, 2.75) is 18.3 Å². The highest BCUT2D eigenvalue weighted by molar-refractivity contribution is 6.27. The molecule has 0 radical (unpaired) electrons. The molecule has 0 atom stereocenters. The lowest BCUT2D eigenvalue weighted by molar-refractivity contribution is -0.127. The Bertz CT molecular complexity index is 373. The molecule has 0 N–H and O–H groups in total. The van der Waals surface area contributed by atoms with Gasteiger partial charge in [0.2, 0.25) is 5.91 Å². The Morgan fingerprint density at radius 2 is 2.00 bits per heavy atom. The molecule has 1 aromatic carbocycles. The zero-order valence-electron chi connectivity index (χ0n) is 9.45. The smallest absolute Gasteiger partial charge is 0.237 e. The largest absolute Gasteiger partial charge is 0.344 e. The molecule has 16 heavy (non-hydrogen) atoms. The predicted molar refractivity (Wildman–Crippen MR) is 65.7 cm³/mol. The van der Waals surface area contributed by atoms with Crippen LogP contribution < -0.4 is 0 Å². The molecule has 0 spiro atoms. The van der Waals surface area contributed by atoms with Crippen molar-refractivity contribution in [1.29, 1.82) is 0 Å². The van der Waals surface area contributed by atoms with E-state index in [-0.39, 0.29) is 17.2 Å². The second-order valence-electron chi connectivity index (χ2n) is 4.53. The molecule has 1 aliphatic carbocycles. The molecule has 0 aromatic heterocycles. The number of hydrogen-bond donors (Lipinski definition) is 0. The van der Waals surface area contributed by atoms with Crippen molar-refractivity contribution in [3.8, 4) is 0 Å². The van der Waals surface area contributed by atoms with E-state index in [1.165, 1.54) is 5.56 Å². The summed E-state index contributed by atoms with van der Waals surface area (Å²) < 4.78 is 0. The Hall–Kier alpha value is -1.02. The third-order valence-electron chi connectivity index (χ3n) is 3.32. The van der Waals surface area contributed by atoms with Gasteiger partial charge in [0.15, 0.2) is 0 Å². The maximum absolute atomic E-state index is 11.4. The van der Waals surface area contributed by atoms with Crippen LogP contribution in [0.3, 0.4) is 0 Å². The van der Waals surface area contributed by atoms with Crippen molar-refractivity contribution in [2.75, 3.05) is 19.5 Å². The van der Waals surface area contributed by atoms with E-state index < -0.39 is 0 Å². The minimum atomic E-state index is 0.00359. The zero-order chi connectivity index (χ0) is 11.6. The van der Waals surface area contributed by atoms with Crippen molar-refractivity contribution in [3.63, 3.8) is 0 Å². The molecule has 0 saturated heterocycles. The summed E-state index contributed by atoms with van der Waals surface area (Å²) in [6, 6.07) is 10.4. The number of benzene rings is 1. The van der Waals surface area contributed by atoms with Crippen molar-refractivity contribution in [2.24, 2.45) is 0 Å². The molecule has 2 nitrogen and oxygen atoms in total. The highest BCUT2D eigenvalue weighted by Gasteiger charge is 2.45. The van der Waals surface area contributed by atoms with Gasteiger partial charge >= 0.3 is 0 Å². The number of amides is 1. The first kappa shape index (κ1) is 11.5. The molecule has 1 aliphatic rings. The van der Waals surface area contributed by atoms with Gasteiger partial charge in [-0.3, -0.25) is 4.79 Å². The van der Waals surface area contributed by atoms with Gasteiger partial charge in [0.25, 0.3) is 0 Å². The van der Waals surface area contributed by atoms with E-state index in [1.54, 1.807) is 4.90 Å². The quantitative estimate of drug-likeness (QED) is 0.737. The second kappa shape index (κ2) is 4.46. The van der Waals surface area contributed by atoms with Crippen LogP contribution in [0.5, 0.6) is 0 Å². The van der Waals surface area contributed by atoms with Crippen LogP contribution in [0.15, 0.2) is 30.3 Å². The monoisotopic (exact) mass is 237 g/mol. The first-order valence-electron chi connectivity index (χ1n) is 5.53. The lowest BCUT2D eigenvalue weighted by Crippen LogP contribution is -2.35. The molecule has 1 saturated carbocycles. The SMILES string of the molecule is CN(CC1(c2ccccc2)CC1)C(=O)CCl. The van der Waals surface area contributed by atoms with Gasteiger partial charge in [0.05, 0.1) is 0 Å². The Balaban J connectivity index is 2.07. The molecule has 0 bridgehead atoms. The van der Waals surface area contributed by atoms with Gasteiger partial charge in [-0.15, -0.1) is 11.6 Å². The molecule has 1 amide bonds. The minimum absolute atomic E-state index is 0.00359. The van der Waals surface area contributed by atoms with Crippen LogP contribution in [0.25, 0.3) is 0 Å². The summed E-state index contributed by atoms with van der Waals surface area (Å²) in [6.45, 7) is 0.780. The van der Waals surface area contributed by atoms with E-state index >= 15 is 0 Å². The lowest BCUT2D eigenvalue weighted by Gasteiger charge is -2.23. The van der Waals surface area contributed by atoms with Gasteiger partial charge in [-0.1, -0.05) is 30.3 Å². The average molecular weight is 238 g/mol. The highest BCUT2D eigenvalue weighted by atomic mass is 35.5. The zero-order valence-corrected chi connectivity index (χ0v) is 10.2.